The van der Waals surface area contributed by atoms with Crippen LogP contribution in [0.5, 0.6) is 0 Å². The van der Waals surface area contributed by atoms with E-state index < -0.39 is 0 Å². The lowest BCUT2D eigenvalue weighted by molar-refractivity contribution is 0.101. The number of aromatic nitrogens is 2. The van der Waals surface area contributed by atoms with Crippen molar-refractivity contribution in [2.75, 3.05) is 38.0 Å². The summed E-state index contributed by atoms with van der Waals surface area (Å²) in [5.41, 5.74) is 5.23. The van der Waals surface area contributed by atoms with Gasteiger partial charge in [-0.05, 0) is 99.6 Å². The molecule has 0 aliphatic carbocycles. The van der Waals surface area contributed by atoms with Crippen LogP contribution in [0.1, 0.15) is 76.2 Å². The van der Waals surface area contributed by atoms with E-state index in [0.717, 1.165) is 61.9 Å². The first-order valence-corrected chi connectivity index (χ1v) is 14.6. The Kier molecular flexibility index (Phi) is 9.97. The van der Waals surface area contributed by atoms with Crippen molar-refractivity contribution in [3.05, 3.63) is 53.6 Å². The fourth-order valence-electron chi connectivity index (χ4n) is 5.64. The fraction of sp³-hybridized carbons (Fsp3) is 0.562. The Morgan fingerprint density at radius 1 is 0.947 bits per heavy atom. The second kappa shape index (κ2) is 13.4. The molecular formula is C32H47N5O. The van der Waals surface area contributed by atoms with E-state index in [1.165, 1.54) is 43.4 Å². The third kappa shape index (κ3) is 7.90. The molecule has 0 bridgehead atoms. The van der Waals surface area contributed by atoms with Crippen LogP contribution in [0.2, 0.25) is 0 Å². The van der Waals surface area contributed by atoms with Gasteiger partial charge in [-0.2, -0.15) is 0 Å². The van der Waals surface area contributed by atoms with Gasteiger partial charge >= 0.3 is 0 Å². The number of carbonyl (C=O) groups excluding carboxylic acids is 1. The molecule has 38 heavy (non-hydrogen) atoms. The summed E-state index contributed by atoms with van der Waals surface area (Å²) in [6.45, 7) is 18.5. The lowest BCUT2D eigenvalue weighted by Gasteiger charge is -2.26. The minimum atomic E-state index is 0.0815. The molecule has 0 saturated carbocycles. The minimum Gasteiger partial charge on any atom is -0.326 e. The van der Waals surface area contributed by atoms with Crippen LogP contribution in [-0.4, -0.2) is 57.9 Å². The Bertz CT molecular complexity index is 1160. The summed E-state index contributed by atoms with van der Waals surface area (Å²) in [7, 11) is 0. The van der Waals surface area contributed by atoms with E-state index in [1.54, 1.807) is 6.92 Å². The molecule has 0 amide bonds. The van der Waals surface area contributed by atoms with Gasteiger partial charge in [0.25, 0.3) is 0 Å². The zero-order chi connectivity index (χ0) is 27.1. The largest absolute Gasteiger partial charge is 0.326 e. The number of fused-ring (bicyclic) bond motifs is 1. The van der Waals surface area contributed by atoms with E-state index in [2.05, 4.69) is 65.6 Å². The molecule has 6 nitrogen and oxygen atoms in total. The maximum absolute atomic E-state index is 11.7. The second-order valence-electron chi connectivity index (χ2n) is 11.9. The van der Waals surface area contributed by atoms with Crippen molar-refractivity contribution in [3.63, 3.8) is 0 Å². The number of imidazole rings is 1. The van der Waals surface area contributed by atoms with Crippen molar-refractivity contribution in [2.45, 2.75) is 73.4 Å². The zero-order valence-corrected chi connectivity index (χ0v) is 24.2. The number of ketones is 1. The smallest absolute Gasteiger partial charge is 0.208 e. The van der Waals surface area contributed by atoms with Crippen LogP contribution >= 0.6 is 0 Å². The molecule has 2 heterocycles. The molecular weight excluding hydrogens is 470 g/mol. The number of benzene rings is 2. The van der Waals surface area contributed by atoms with Crippen LogP contribution in [0.3, 0.4) is 0 Å². The highest BCUT2D eigenvalue weighted by Crippen LogP contribution is 2.26. The molecule has 1 aliphatic heterocycles. The highest BCUT2D eigenvalue weighted by atomic mass is 16.1. The molecule has 0 radical (unpaired) electrons. The molecule has 0 unspecified atom stereocenters. The third-order valence-corrected chi connectivity index (χ3v) is 7.32. The molecule has 2 aromatic carbocycles. The number of rotatable bonds is 13. The summed E-state index contributed by atoms with van der Waals surface area (Å²) in [6, 6.07) is 14.5. The van der Waals surface area contributed by atoms with Gasteiger partial charge in [-0.1, -0.05) is 40.2 Å². The van der Waals surface area contributed by atoms with Crippen molar-refractivity contribution in [1.29, 1.82) is 0 Å². The summed E-state index contributed by atoms with van der Waals surface area (Å²) in [5.74, 6) is 2.23. The van der Waals surface area contributed by atoms with Crippen molar-refractivity contribution >= 4 is 28.5 Å². The Morgan fingerprint density at radius 3 is 2.26 bits per heavy atom. The van der Waals surface area contributed by atoms with Gasteiger partial charge in [0, 0.05) is 37.4 Å². The number of nitrogens with zero attached hydrogens (tertiary/aromatic N) is 4. The lowest BCUT2D eigenvalue weighted by Crippen LogP contribution is -2.31. The van der Waals surface area contributed by atoms with Crippen molar-refractivity contribution in [2.24, 2.45) is 11.8 Å². The fourth-order valence-corrected chi connectivity index (χ4v) is 5.64. The molecule has 206 valence electrons. The molecule has 3 aromatic rings. The summed E-state index contributed by atoms with van der Waals surface area (Å²) in [5, 5.41) is 3.55. The normalized spacial score (nSPS) is 14.7. The van der Waals surface area contributed by atoms with Gasteiger partial charge in [-0.15, -0.1) is 0 Å². The predicted molar refractivity (Wildman–Crippen MR) is 159 cm³/mol. The molecule has 0 atom stereocenters. The first-order valence-electron chi connectivity index (χ1n) is 14.6. The molecule has 4 rings (SSSR count). The SMILES string of the molecule is CC(=O)c1ccc(Nc2nc3ccc(CN(CC(C)C)CC(C)C)cc3n2CCCN2CCCCC2)cc1. The van der Waals surface area contributed by atoms with Crippen LogP contribution in [0.25, 0.3) is 11.0 Å². The molecule has 1 saturated heterocycles. The van der Waals surface area contributed by atoms with Crippen molar-refractivity contribution in [1.82, 2.24) is 19.4 Å². The number of hydrogen-bond donors (Lipinski definition) is 1. The van der Waals surface area contributed by atoms with E-state index in [1.807, 2.05) is 24.3 Å². The molecule has 1 fully saturated rings. The number of aryl methyl sites for hydroxylation is 1. The average Bonchev–Trinajstić information content (AvgIpc) is 3.20. The maximum Gasteiger partial charge on any atom is 0.208 e. The second-order valence-corrected chi connectivity index (χ2v) is 11.9. The minimum absolute atomic E-state index is 0.0815. The van der Waals surface area contributed by atoms with Crippen molar-refractivity contribution in [3.8, 4) is 0 Å². The van der Waals surface area contributed by atoms with Gasteiger partial charge in [-0.25, -0.2) is 4.98 Å². The highest BCUT2D eigenvalue weighted by molar-refractivity contribution is 5.94. The maximum atomic E-state index is 11.7. The van der Waals surface area contributed by atoms with Crippen LogP contribution < -0.4 is 5.32 Å². The number of likely N-dealkylation sites (tertiary alicyclic amines) is 1. The van der Waals surface area contributed by atoms with E-state index in [4.69, 9.17) is 4.98 Å². The van der Waals surface area contributed by atoms with Gasteiger partial charge in [0.15, 0.2) is 5.78 Å². The Morgan fingerprint density at radius 2 is 1.63 bits per heavy atom. The Balaban J connectivity index is 1.59. The number of carbonyl (C=O) groups is 1. The van der Waals surface area contributed by atoms with Gasteiger partial charge in [-0.3, -0.25) is 9.69 Å². The first kappa shape index (κ1) is 28.3. The zero-order valence-electron chi connectivity index (χ0n) is 24.2. The summed E-state index contributed by atoms with van der Waals surface area (Å²) in [4.78, 5) is 21.9. The summed E-state index contributed by atoms with van der Waals surface area (Å²) >= 11 is 0. The number of piperidine rings is 1. The summed E-state index contributed by atoms with van der Waals surface area (Å²) < 4.78 is 2.36. The van der Waals surface area contributed by atoms with E-state index in [-0.39, 0.29) is 5.78 Å². The Labute approximate surface area is 229 Å². The summed E-state index contributed by atoms with van der Waals surface area (Å²) in [6.07, 6.45) is 5.11. The molecule has 0 spiro atoms. The molecule has 1 N–H and O–H groups in total. The van der Waals surface area contributed by atoms with Gasteiger partial charge in [0.1, 0.15) is 0 Å². The lowest BCUT2D eigenvalue weighted by atomic mass is 10.1. The monoisotopic (exact) mass is 517 g/mol. The molecule has 1 aromatic heterocycles. The third-order valence-electron chi connectivity index (χ3n) is 7.32. The van der Waals surface area contributed by atoms with Gasteiger partial charge in [0.2, 0.25) is 5.95 Å². The van der Waals surface area contributed by atoms with Gasteiger partial charge < -0.3 is 14.8 Å². The van der Waals surface area contributed by atoms with E-state index in [0.29, 0.717) is 11.8 Å². The standard InChI is InChI=1S/C32H47N5O/c1-24(2)21-36(22-25(3)4)23-27-10-15-30-31(20-27)37(19-9-18-35-16-7-6-8-17-35)32(34-30)33-29-13-11-28(12-14-29)26(5)38/h10-15,20,24-25H,6-9,16-19,21-23H2,1-5H3,(H,33,34). The topological polar surface area (TPSA) is 53.4 Å². The van der Waals surface area contributed by atoms with Crippen molar-refractivity contribution < 1.29 is 4.79 Å². The van der Waals surface area contributed by atoms with E-state index in [9.17, 15) is 4.79 Å². The van der Waals surface area contributed by atoms with Crippen LogP contribution in [-0.2, 0) is 13.1 Å². The quantitative estimate of drug-likeness (QED) is 0.248. The number of nitrogens with one attached hydrogen (secondary N) is 1. The molecule has 6 heteroatoms. The van der Waals surface area contributed by atoms with Crippen LogP contribution in [0.4, 0.5) is 11.6 Å². The number of hydrogen-bond acceptors (Lipinski definition) is 5. The average molecular weight is 518 g/mol. The highest BCUT2D eigenvalue weighted by Gasteiger charge is 2.16. The molecule has 1 aliphatic rings. The van der Waals surface area contributed by atoms with Crippen LogP contribution in [0, 0.1) is 11.8 Å². The number of anilines is 2. The van der Waals surface area contributed by atoms with Gasteiger partial charge in [0.05, 0.1) is 11.0 Å². The van der Waals surface area contributed by atoms with Crippen LogP contribution in [0.15, 0.2) is 42.5 Å². The Hall–Kier alpha value is -2.70. The predicted octanol–water partition coefficient (Wildman–Crippen LogP) is 6.97. The number of Topliss-reactive ketones (excluding diaryl/α,β-unsaturated/α-hetero) is 1. The van der Waals surface area contributed by atoms with E-state index >= 15 is 0 Å². The first-order chi connectivity index (χ1) is 18.3.